The average molecular weight is 213 g/mol. The van der Waals surface area contributed by atoms with Crippen LogP contribution in [0.5, 0.6) is 0 Å². The Labute approximate surface area is 89.7 Å². The molecule has 0 aromatic carbocycles. The predicted octanol–water partition coefficient (Wildman–Crippen LogP) is 1.04. The van der Waals surface area contributed by atoms with Crippen LogP contribution in [-0.2, 0) is 6.42 Å². The van der Waals surface area contributed by atoms with Crippen LogP contribution in [0.4, 0.5) is 0 Å². The molecule has 0 saturated heterocycles. The van der Waals surface area contributed by atoms with Gasteiger partial charge in [-0.3, -0.25) is 0 Å². The van der Waals surface area contributed by atoms with Gasteiger partial charge in [0.05, 0.1) is 6.04 Å². The van der Waals surface area contributed by atoms with E-state index < -0.39 is 0 Å². The van der Waals surface area contributed by atoms with Gasteiger partial charge in [-0.2, -0.15) is 4.98 Å². The van der Waals surface area contributed by atoms with Crippen LogP contribution in [0.3, 0.4) is 0 Å². The van der Waals surface area contributed by atoms with Crippen molar-refractivity contribution in [3.63, 3.8) is 0 Å². The Morgan fingerprint density at radius 1 is 1.40 bits per heavy atom. The van der Waals surface area contributed by atoms with Gasteiger partial charge >= 0.3 is 0 Å². The van der Waals surface area contributed by atoms with Crippen molar-refractivity contribution in [1.29, 1.82) is 0 Å². The largest absolute Gasteiger partial charge is 0.396 e. The molecule has 5 nitrogen and oxygen atoms in total. The standard InChI is InChI=1S/C10H19N3O2/c1-7(2)3-4-9-12-10(15-13-9)8(11)5-6-14/h7-8,14H,3-6,11H2,1-2H3. The van der Waals surface area contributed by atoms with Crippen LogP contribution in [0.25, 0.3) is 0 Å². The SMILES string of the molecule is CC(C)CCc1noc(C(N)CCO)n1. The smallest absolute Gasteiger partial charge is 0.243 e. The summed E-state index contributed by atoms with van der Waals surface area (Å²) in [5.41, 5.74) is 5.72. The summed E-state index contributed by atoms with van der Waals surface area (Å²) in [5, 5.41) is 12.6. The molecule has 0 spiro atoms. The zero-order valence-electron chi connectivity index (χ0n) is 9.31. The number of hydrogen-bond donors (Lipinski definition) is 2. The molecule has 0 radical (unpaired) electrons. The van der Waals surface area contributed by atoms with Crippen molar-refractivity contribution in [3.8, 4) is 0 Å². The molecular formula is C10H19N3O2. The maximum atomic E-state index is 8.71. The van der Waals surface area contributed by atoms with Crippen molar-refractivity contribution in [1.82, 2.24) is 10.1 Å². The van der Waals surface area contributed by atoms with Crippen LogP contribution in [0.2, 0.25) is 0 Å². The van der Waals surface area contributed by atoms with E-state index in [4.69, 9.17) is 15.4 Å². The zero-order chi connectivity index (χ0) is 11.3. The van der Waals surface area contributed by atoms with Crippen LogP contribution in [-0.4, -0.2) is 21.9 Å². The Morgan fingerprint density at radius 3 is 2.73 bits per heavy atom. The van der Waals surface area contributed by atoms with Gasteiger partial charge in [-0.1, -0.05) is 19.0 Å². The first-order valence-corrected chi connectivity index (χ1v) is 5.32. The highest BCUT2D eigenvalue weighted by molar-refractivity contribution is 4.91. The first kappa shape index (κ1) is 12.1. The Kier molecular flexibility index (Phi) is 4.71. The van der Waals surface area contributed by atoms with E-state index in [1.807, 2.05) is 0 Å². The summed E-state index contributed by atoms with van der Waals surface area (Å²) in [6.07, 6.45) is 2.30. The number of nitrogens with zero attached hydrogens (tertiary/aromatic N) is 2. The summed E-state index contributed by atoms with van der Waals surface area (Å²) in [6.45, 7) is 4.34. The molecule has 1 rings (SSSR count). The molecule has 0 amide bonds. The van der Waals surface area contributed by atoms with Crippen molar-refractivity contribution in [2.24, 2.45) is 11.7 Å². The van der Waals surface area contributed by atoms with E-state index in [0.29, 0.717) is 24.1 Å². The number of rotatable bonds is 6. The molecule has 3 N–H and O–H groups in total. The maximum Gasteiger partial charge on any atom is 0.243 e. The van der Waals surface area contributed by atoms with E-state index in [1.54, 1.807) is 0 Å². The lowest BCUT2D eigenvalue weighted by atomic mass is 10.1. The van der Waals surface area contributed by atoms with Gasteiger partial charge in [0.2, 0.25) is 5.89 Å². The van der Waals surface area contributed by atoms with Crippen LogP contribution in [0.1, 0.15) is 44.4 Å². The quantitative estimate of drug-likeness (QED) is 0.737. The second-order valence-corrected chi connectivity index (χ2v) is 4.10. The summed E-state index contributed by atoms with van der Waals surface area (Å²) >= 11 is 0. The molecule has 0 aliphatic rings. The highest BCUT2D eigenvalue weighted by Gasteiger charge is 2.14. The highest BCUT2D eigenvalue weighted by Crippen LogP contribution is 2.12. The van der Waals surface area contributed by atoms with Crippen molar-refractivity contribution in [2.45, 2.75) is 39.2 Å². The fourth-order valence-corrected chi connectivity index (χ4v) is 1.20. The Morgan fingerprint density at radius 2 is 2.13 bits per heavy atom. The van der Waals surface area contributed by atoms with Gasteiger partial charge in [0, 0.05) is 13.0 Å². The average Bonchev–Trinajstić information content (AvgIpc) is 2.63. The van der Waals surface area contributed by atoms with Crippen LogP contribution in [0, 0.1) is 5.92 Å². The van der Waals surface area contributed by atoms with Crippen molar-refractivity contribution < 1.29 is 9.63 Å². The van der Waals surface area contributed by atoms with Gasteiger partial charge in [0.25, 0.3) is 0 Å². The third-order valence-electron chi connectivity index (χ3n) is 2.19. The molecule has 1 aromatic rings. The maximum absolute atomic E-state index is 8.71. The number of hydrogen-bond acceptors (Lipinski definition) is 5. The third kappa shape index (κ3) is 3.97. The summed E-state index contributed by atoms with van der Waals surface area (Å²) in [6, 6.07) is -0.352. The number of aryl methyl sites for hydroxylation is 1. The van der Waals surface area contributed by atoms with Gasteiger partial charge in [-0.25, -0.2) is 0 Å². The molecule has 0 aliphatic carbocycles. The summed E-state index contributed by atoms with van der Waals surface area (Å²) < 4.78 is 5.01. The van der Waals surface area contributed by atoms with Crippen LogP contribution in [0.15, 0.2) is 4.52 Å². The van der Waals surface area contributed by atoms with Crippen molar-refractivity contribution in [2.75, 3.05) is 6.61 Å². The number of aromatic nitrogens is 2. The first-order valence-electron chi connectivity index (χ1n) is 5.32. The van der Waals surface area contributed by atoms with E-state index in [9.17, 15) is 0 Å². The van der Waals surface area contributed by atoms with Gasteiger partial charge < -0.3 is 15.4 Å². The first-order chi connectivity index (χ1) is 7.13. The van der Waals surface area contributed by atoms with E-state index in [1.165, 1.54) is 0 Å². The molecular weight excluding hydrogens is 194 g/mol. The van der Waals surface area contributed by atoms with Crippen molar-refractivity contribution in [3.05, 3.63) is 11.7 Å². The fourth-order valence-electron chi connectivity index (χ4n) is 1.20. The molecule has 15 heavy (non-hydrogen) atoms. The van der Waals surface area contributed by atoms with Crippen LogP contribution < -0.4 is 5.73 Å². The molecule has 1 atom stereocenters. The molecule has 1 aromatic heterocycles. The Balaban J connectivity index is 2.48. The lowest BCUT2D eigenvalue weighted by Gasteiger charge is -2.02. The number of aliphatic hydroxyl groups is 1. The minimum atomic E-state index is -0.352. The normalized spacial score (nSPS) is 13.4. The Bertz CT molecular complexity index is 286. The zero-order valence-corrected chi connectivity index (χ0v) is 9.31. The van der Waals surface area contributed by atoms with Crippen molar-refractivity contribution >= 4 is 0 Å². The molecule has 0 saturated carbocycles. The highest BCUT2D eigenvalue weighted by atomic mass is 16.5. The number of nitrogens with two attached hydrogens (primary N) is 1. The second-order valence-electron chi connectivity index (χ2n) is 4.10. The Hall–Kier alpha value is -0.940. The van der Waals surface area contributed by atoms with E-state index in [0.717, 1.165) is 12.8 Å². The topological polar surface area (TPSA) is 85.2 Å². The lowest BCUT2D eigenvalue weighted by Crippen LogP contribution is -2.12. The van der Waals surface area contributed by atoms with E-state index in [-0.39, 0.29) is 12.6 Å². The molecule has 1 unspecified atom stereocenters. The monoisotopic (exact) mass is 213 g/mol. The molecule has 0 aliphatic heterocycles. The minimum Gasteiger partial charge on any atom is -0.396 e. The fraction of sp³-hybridized carbons (Fsp3) is 0.800. The molecule has 0 fully saturated rings. The summed E-state index contributed by atoms with van der Waals surface area (Å²) in [7, 11) is 0. The molecule has 5 heteroatoms. The van der Waals surface area contributed by atoms with E-state index in [2.05, 4.69) is 24.0 Å². The van der Waals surface area contributed by atoms with Crippen LogP contribution >= 0.6 is 0 Å². The molecule has 86 valence electrons. The molecule has 1 heterocycles. The minimum absolute atomic E-state index is 0.0326. The van der Waals surface area contributed by atoms with Gasteiger partial charge in [0.15, 0.2) is 5.82 Å². The van der Waals surface area contributed by atoms with Gasteiger partial charge in [-0.15, -0.1) is 0 Å². The van der Waals surface area contributed by atoms with E-state index >= 15 is 0 Å². The molecule has 0 bridgehead atoms. The number of aliphatic hydroxyl groups excluding tert-OH is 1. The second kappa shape index (κ2) is 5.82. The third-order valence-corrected chi connectivity index (χ3v) is 2.19. The summed E-state index contributed by atoms with van der Waals surface area (Å²) in [4.78, 5) is 4.19. The van der Waals surface area contributed by atoms with Gasteiger partial charge in [0.1, 0.15) is 0 Å². The predicted molar refractivity (Wildman–Crippen MR) is 56.1 cm³/mol. The summed E-state index contributed by atoms with van der Waals surface area (Å²) in [5.74, 6) is 1.74. The lowest BCUT2D eigenvalue weighted by molar-refractivity contribution is 0.259. The van der Waals surface area contributed by atoms with Gasteiger partial charge in [-0.05, 0) is 18.8 Å².